The van der Waals surface area contributed by atoms with E-state index in [1.54, 1.807) is 17.0 Å². The number of benzene rings is 1. The van der Waals surface area contributed by atoms with Crippen LogP contribution >= 0.6 is 0 Å². The smallest absolute Gasteiger partial charge is 0.311 e. The predicted octanol–water partition coefficient (Wildman–Crippen LogP) is 3.05. The Morgan fingerprint density at radius 2 is 2.21 bits per heavy atom. The molecular formula is C19H25NO4. The first kappa shape index (κ1) is 16.8. The molecule has 1 aliphatic carbocycles. The molecule has 2 atom stereocenters. The third-order valence-electron chi connectivity index (χ3n) is 5.25. The van der Waals surface area contributed by atoms with Gasteiger partial charge in [0.05, 0.1) is 12.0 Å². The molecule has 3 rings (SSSR count). The van der Waals surface area contributed by atoms with Gasteiger partial charge in [-0.25, -0.2) is 0 Å². The number of ether oxygens (including phenoxy) is 1. The lowest BCUT2D eigenvalue weighted by Gasteiger charge is -2.23. The minimum atomic E-state index is -0.755. The van der Waals surface area contributed by atoms with Crippen LogP contribution in [0.4, 0.5) is 0 Å². The third-order valence-corrected chi connectivity index (χ3v) is 5.25. The number of fused-ring (bicyclic) bond motifs is 1. The maximum absolute atomic E-state index is 12.8. The fourth-order valence-corrected chi connectivity index (χ4v) is 3.96. The zero-order valence-corrected chi connectivity index (χ0v) is 14.3. The van der Waals surface area contributed by atoms with Gasteiger partial charge in [-0.3, -0.25) is 9.59 Å². The summed E-state index contributed by atoms with van der Waals surface area (Å²) in [7, 11) is 0. The summed E-state index contributed by atoms with van der Waals surface area (Å²) in [4.78, 5) is 26.3. The molecule has 0 bridgehead atoms. The molecule has 5 heteroatoms. The Morgan fingerprint density at radius 3 is 2.88 bits per heavy atom. The van der Waals surface area contributed by atoms with Crippen molar-refractivity contribution in [3.8, 4) is 5.75 Å². The van der Waals surface area contributed by atoms with Gasteiger partial charge in [0.2, 0.25) is 0 Å². The van der Waals surface area contributed by atoms with Gasteiger partial charge in [0.1, 0.15) is 5.75 Å². The summed E-state index contributed by atoms with van der Waals surface area (Å²) in [6.45, 7) is 5.61. The maximum atomic E-state index is 12.8. The Kier molecular flexibility index (Phi) is 4.52. The third kappa shape index (κ3) is 2.99. The number of hydrogen-bond acceptors (Lipinski definition) is 3. The average molecular weight is 331 g/mol. The number of nitrogens with zero attached hydrogens (tertiary/aromatic N) is 1. The van der Waals surface area contributed by atoms with E-state index in [1.165, 1.54) is 0 Å². The van der Waals surface area contributed by atoms with Crippen LogP contribution in [0.3, 0.4) is 0 Å². The summed E-state index contributed by atoms with van der Waals surface area (Å²) in [6.07, 6.45) is 2.51. The van der Waals surface area contributed by atoms with E-state index in [2.05, 4.69) is 13.8 Å². The molecule has 1 aromatic rings. The number of hydrogen-bond donors (Lipinski definition) is 1. The first-order valence-electron chi connectivity index (χ1n) is 8.68. The Hall–Kier alpha value is -2.04. The second-order valence-electron chi connectivity index (χ2n) is 7.47. The lowest BCUT2D eigenvalue weighted by Crippen LogP contribution is -2.37. The molecule has 1 heterocycles. The predicted molar refractivity (Wildman–Crippen MR) is 90.1 cm³/mol. The maximum Gasteiger partial charge on any atom is 0.311 e. The molecule has 1 aromatic carbocycles. The molecule has 2 fully saturated rings. The number of carboxylic acids is 1. The van der Waals surface area contributed by atoms with E-state index >= 15 is 0 Å². The summed E-state index contributed by atoms with van der Waals surface area (Å²) in [6, 6.07) is 7.18. The van der Waals surface area contributed by atoms with E-state index in [4.69, 9.17) is 4.74 Å². The van der Waals surface area contributed by atoms with E-state index in [-0.39, 0.29) is 11.8 Å². The van der Waals surface area contributed by atoms with E-state index in [0.717, 1.165) is 12.8 Å². The average Bonchev–Trinajstić information content (AvgIpc) is 3.10. The zero-order valence-electron chi connectivity index (χ0n) is 14.3. The molecule has 0 radical (unpaired) electrons. The van der Waals surface area contributed by atoms with Crippen molar-refractivity contribution >= 4 is 11.9 Å². The molecule has 1 amide bonds. The van der Waals surface area contributed by atoms with Crippen LogP contribution in [0.15, 0.2) is 24.3 Å². The van der Waals surface area contributed by atoms with Crippen LogP contribution in [0.1, 0.15) is 43.5 Å². The molecule has 1 saturated carbocycles. The van der Waals surface area contributed by atoms with Gasteiger partial charge in [-0.1, -0.05) is 26.3 Å². The number of amides is 1. The summed E-state index contributed by atoms with van der Waals surface area (Å²) in [5, 5.41) is 9.65. The van der Waals surface area contributed by atoms with Gasteiger partial charge in [0.25, 0.3) is 5.91 Å². The van der Waals surface area contributed by atoms with Crippen LogP contribution in [-0.4, -0.2) is 41.6 Å². The molecule has 0 spiro atoms. The number of aliphatic carboxylic acids is 1. The van der Waals surface area contributed by atoms with Crippen molar-refractivity contribution in [1.82, 2.24) is 4.90 Å². The monoisotopic (exact) mass is 331 g/mol. The highest BCUT2D eigenvalue weighted by Gasteiger charge is 2.55. The van der Waals surface area contributed by atoms with Gasteiger partial charge < -0.3 is 14.7 Å². The van der Waals surface area contributed by atoms with Crippen LogP contribution in [0.5, 0.6) is 5.75 Å². The summed E-state index contributed by atoms with van der Waals surface area (Å²) in [5.74, 6) is 0.327. The van der Waals surface area contributed by atoms with Crippen LogP contribution in [0.2, 0.25) is 0 Å². The molecule has 130 valence electrons. The van der Waals surface area contributed by atoms with Gasteiger partial charge in [-0.05, 0) is 42.9 Å². The molecule has 1 aliphatic heterocycles. The van der Waals surface area contributed by atoms with E-state index in [9.17, 15) is 14.7 Å². The number of rotatable bonds is 5. The summed E-state index contributed by atoms with van der Waals surface area (Å²) in [5.41, 5.74) is -0.168. The highest BCUT2D eigenvalue weighted by atomic mass is 16.5. The Morgan fingerprint density at radius 1 is 1.42 bits per heavy atom. The van der Waals surface area contributed by atoms with Crippen molar-refractivity contribution in [2.24, 2.45) is 17.3 Å². The van der Waals surface area contributed by atoms with E-state index < -0.39 is 11.4 Å². The van der Waals surface area contributed by atoms with Crippen molar-refractivity contribution in [2.45, 2.75) is 33.1 Å². The second-order valence-corrected chi connectivity index (χ2v) is 7.47. The van der Waals surface area contributed by atoms with Crippen molar-refractivity contribution in [3.63, 3.8) is 0 Å². The van der Waals surface area contributed by atoms with Gasteiger partial charge in [-0.15, -0.1) is 0 Å². The first-order chi connectivity index (χ1) is 11.4. The van der Waals surface area contributed by atoms with E-state index in [0.29, 0.717) is 43.3 Å². The lowest BCUT2D eigenvalue weighted by molar-refractivity contribution is -0.149. The number of carbonyl (C=O) groups is 2. The van der Waals surface area contributed by atoms with Crippen LogP contribution < -0.4 is 4.74 Å². The van der Waals surface area contributed by atoms with Gasteiger partial charge >= 0.3 is 5.97 Å². The van der Waals surface area contributed by atoms with Crippen molar-refractivity contribution in [3.05, 3.63) is 29.8 Å². The Labute approximate surface area is 142 Å². The fraction of sp³-hybridized carbons (Fsp3) is 0.579. The molecule has 0 aromatic heterocycles. The quantitative estimate of drug-likeness (QED) is 0.900. The van der Waals surface area contributed by atoms with Crippen molar-refractivity contribution in [2.75, 3.05) is 19.7 Å². The van der Waals surface area contributed by atoms with Crippen LogP contribution in [0, 0.1) is 17.3 Å². The van der Waals surface area contributed by atoms with Gasteiger partial charge in [0.15, 0.2) is 0 Å². The zero-order chi connectivity index (χ0) is 17.3. The minimum Gasteiger partial charge on any atom is -0.493 e. The fourth-order valence-electron chi connectivity index (χ4n) is 3.96. The van der Waals surface area contributed by atoms with Crippen molar-refractivity contribution < 1.29 is 19.4 Å². The van der Waals surface area contributed by atoms with Crippen LogP contribution in [0.25, 0.3) is 0 Å². The normalized spacial score (nSPS) is 25.8. The number of carbonyl (C=O) groups excluding carboxylic acids is 1. The van der Waals surface area contributed by atoms with Gasteiger partial charge in [0, 0.05) is 18.7 Å². The highest BCUT2D eigenvalue weighted by molar-refractivity contribution is 5.95. The Bertz CT molecular complexity index is 642. The Balaban J connectivity index is 1.74. The van der Waals surface area contributed by atoms with Gasteiger partial charge in [-0.2, -0.15) is 0 Å². The number of carboxylic acid groups (broad SMARTS) is 1. The summed E-state index contributed by atoms with van der Waals surface area (Å²) >= 11 is 0. The lowest BCUT2D eigenvalue weighted by atomic mass is 9.81. The molecule has 24 heavy (non-hydrogen) atoms. The largest absolute Gasteiger partial charge is 0.493 e. The molecule has 0 unspecified atom stereocenters. The SMILES string of the molecule is CC(C)COc1cccc(C(=O)N2C[C@@H]3CCC[C@@]3(C(=O)O)C2)c1. The van der Waals surface area contributed by atoms with E-state index in [1.807, 2.05) is 12.1 Å². The molecule has 1 N–H and O–H groups in total. The molecule has 1 saturated heterocycles. The molecule has 2 aliphatic rings. The summed E-state index contributed by atoms with van der Waals surface area (Å²) < 4.78 is 5.69. The second kappa shape index (κ2) is 6.46. The standard InChI is InChI=1S/C19H25NO4/c1-13(2)11-24-16-7-3-5-14(9-16)17(21)20-10-15-6-4-8-19(15,12-20)18(22)23/h3,5,7,9,13,15H,4,6,8,10-12H2,1-2H3,(H,22,23)/t15-,19+/m0/s1. The topological polar surface area (TPSA) is 66.8 Å². The molecule has 5 nitrogen and oxygen atoms in total. The number of likely N-dealkylation sites (tertiary alicyclic amines) is 1. The first-order valence-corrected chi connectivity index (χ1v) is 8.68. The van der Waals surface area contributed by atoms with Crippen LogP contribution in [-0.2, 0) is 4.79 Å². The molecular weight excluding hydrogens is 306 g/mol. The highest BCUT2D eigenvalue weighted by Crippen LogP contribution is 2.49. The van der Waals surface area contributed by atoms with Crippen molar-refractivity contribution in [1.29, 1.82) is 0 Å². The minimum absolute atomic E-state index is 0.0827.